The molecule has 0 spiro atoms. The van der Waals surface area contributed by atoms with E-state index in [0.717, 1.165) is 37.9 Å². The zero-order chi connectivity index (χ0) is 20.3. The van der Waals surface area contributed by atoms with Gasteiger partial charge in [0.25, 0.3) is 5.56 Å². The molecule has 8 heteroatoms. The number of rotatable bonds is 3. The molecule has 1 aliphatic carbocycles. The molecular weight excluding hydrogens is 370 g/mol. The van der Waals surface area contributed by atoms with E-state index in [9.17, 15) is 14.4 Å². The molecule has 0 bridgehead atoms. The van der Waals surface area contributed by atoms with Crippen molar-refractivity contribution in [2.75, 3.05) is 13.1 Å². The largest absolute Gasteiger partial charge is 0.336 e. The van der Waals surface area contributed by atoms with Crippen LogP contribution in [0.1, 0.15) is 62.5 Å². The van der Waals surface area contributed by atoms with Gasteiger partial charge in [-0.2, -0.15) is 0 Å². The van der Waals surface area contributed by atoms with Gasteiger partial charge < -0.3 is 9.80 Å². The van der Waals surface area contributed by atoms with Gasteiger partial charge in [0.15, 0.2) is 5.65 Å². The van der Waals surface area contributed by atoms with Crippen molar-refractivity contribution >= 4 is 17.5 Å². The molecule has 2 amide bonds. The van der Waals surface area contributed by atoms with Gasteiger partial charge in [-0.1, -0.05) is 13.8 Å². The van der Waals surface area contributed by atoms with E-state index < -0.39 is 0 Å². The SMILES string of the molecule is CC(C)C(=O)N1CCc2c(nc3cc([C@H]4CCCN4C(=O)C4CC4)[nH]n3c2=O)C1. The maximum Gasteiger partial charge on any atom is 0.276 e. The third-order valence-electron chi connectivity index (χ3n) is 6.41. The van der Waals surface area contributed by atoms with Crippen molar-refractivity contribution in [2.45, 2.75) is 58.5 Å². The number of nitrogens with one attached hydrogen (secondary N) is 1. The molecule has 2 fully saturated rings. The van der Waals surface area contributed by atoms with Crippen LogP contribution in [0.25, 0.3) is 5.65 Å². The zero-order valence-electron chi connectivity index (χ0n) is 17.0. The van der Waals surface area contributed by atoms with Crippen LogP contribution in [-0.2, 0) is 22.6 Å². The first kappa shape index (κ1) is 18.4. The van der Waals surface area contributed by atoms with Crippen LogP contribution < -0.4 is 5.56 Å². The molecule has 3 aliphatic rings. The second-order valence-corrected chi connectivity index (χ2v) is 8.88. The van der Waals surface area contributed by atoms with Crippen LogP contribution in [-0.4, -0.2) is 49.3 Å². The lowest BCUT2D eigenvalue weighted by Crippen LogP contribution is -2.41. The maximum atomic E-state index is 13.1. The van der Waals surface area contributed by atoms with Gasteiger partial charge in [-0.15, -0.1) is 0 Å². The standard InChI is InChI=1S/C21H27N5O3/c1-12(2)19(27)24-9-7-14-16(11-24)22-18-10-15(23-26(18)21(14)29)17-4-3-8-25(17)20(28)13-5-6-13/h10,12-13,17,23H,3-9,11H2,1-2H3/t17-/m1/s1. The molecule has 4 heterocycles. The molecule has 0 aromatic carbocycles. The molecule has 5 rings (SSSR count). The van der Waals surface area contributed by atoms with Crippen LogP contribution >= 0.6 is 0 Å². The summed E-state index contributed by atoms with van der Waals surface area (Å²) in [6.07, 6.45) is 4.38. The number of carbonyl (C=O) groups excluding carboxylic acids is 2. The van der Waals surface area contributed by atoms with Crippen molar-refractivity contribution in [1.82, 2.24) is 24.4 Å². The highest BCUT2D eigenvalue weighted by Crippen LogP contribution is 2.38. The van der Waals surface area contributed by atoms with Gasteiger partial charge in [0.05, 0.1) is 24.0 Å². The highest BCUT2D eigenvalue weighted by molar-refractivity contribution is 5.81. The lowest BCUT2D eigenvalue weighted by atomic mass is 10.0. The minimum absolute atomic E-state index is 0.0137. The van der Waals surface area contributed by atoms with E-state index in [-0.39, 0.29) is 35.3 Å². The maximum absolute atomic E-state index is 13.1. The van der Waals surface area contributed by atoms with E-state index in [2.05, 4.69) is 5.10 Å². The van der Waals surface area contributed by atoms with Gasteiger partial charge in [-0.25, -0.2) is 9.50 Å². The van der Waals surface area contributed by atoms with Crippen molar-refractivity contribution < 1.29 is 9.59 Å². The third-order valence-corrected chi connectivity index (χ3v) is 6.41. The van der Waals surface area contributed by atoms with Crippen LogP contribution in [0, 0.1) is 11.8 Å². The Morgan fingerprint density at radius 3 is 2.72 bits per heavy atom. The minimum atomic E-state index is -0.0917. The summed E-state index contributed by atoms with van der Waals surface area (Å²) < 4.78 is 1.51. The lowest BCUT2D eigenvalue weighted by Gasteiger charge is -2.29. The monoisotopic (exact) mass is 397 g/mol. The number of fused-ring (bicyclic) bond motifs is 2. The van der Waals surface area contributed by atoms with E-state index in [4.69, 9.17) is 4.98 Å². The second kappa shape index (κ2) is 6.71. The molecule has 0 unspecified atom stereocenters. The molecule has 154 valence electrons. The normalized spacial score (nSPS) is 21.8. The molecule has 2 aliphatic heterocycles. The predicted octanol–water partition coefficient (Wildman–Crippen LogP) is 1.64. The fourth-order valence-corrected chi connectivity index (χ4v) is 4.65. The summed E-state index contributed by atoms with van der Waals surface area (Å²) >= 11 is 0. The third kappa shape index (κ3) is 3.05. The molecule has 2 aromatic heterocycles. The Kier molecular flexibility index (Phi) is 4.26. The van der Waals surface area contributed by atoms with Crippen LogP contribution in [0.3, 0.4) is 0 Å². The Morgan fingerprint density at radius 1 is 1.21 bits per heavy atom. The first-order chi connectivity index (χ1) is 13.9. The number of hydrogen-bond acceptors (Lipinski definition) is 4. The van der Waals surface area contributed by atoms with Gasteiger partial charge in [0, 0.05) is 36.6 Å². The molecule has 2 aromatic rings. The first-order valence-corrected chi connectivity index (χ1v) is 10.7. The highest BCUT2D eigenvalue weighted by atomic mass is 16.2. The minimum Gasteiger partial charge on any atom is -0.336 e. The Morgan fingerprint density at radius 2 is 2.00 bits per heavy atom. The van der Waals surface area contributed by atoms with Crippen LogP contribution in [0.4, 0.5) is 0 Å². The Balaban J connectivity index is 1.48. The molecule has 8 nitrogen and oxygen atoms in total. The molecular formula is C21H27N5O3. The van der Waals surface area contributed by atoms with Crippen molar-refractivity contribution in [3.05, 3.63) is 33.4 Å². The Labute approximate surface area is 168 Å². The van der Waals surface area contributed by atoms with Crippen molar-refractivity contribution in [3.8, 4) is 0 Å². The number of hydrogen-bond donors (Lipinski definition) is 1. The van der Waals surface area contributed by atoms with E-state index in [1.807, 2.05) is 24.8 Å². The number of nitrogens with zero attached hydrogens (tertiary/aromatic N) is 4. The number of aromatic nitrogens is 3. The average molecular weight is 397 g/mol. The van der Waals surface area contributed by atoms with E-state index in [1.165, 1.54) is 4.52 Å². The smallest absolute Gasteiger partial charge is 0.276 e. The van der Waals surface area contributed by atoms with E-state index in [1.54, 1.807) is 4.90 Å². The van der Waals surface area contributed by atoms with Crippen molar-refractivity contribution in [3.63, 3.8) is 0 Å². The molecule has 1 saturated carbocycles. The van der Waals surface area contributed by atoms with Crippen LogP contribution in [0.2, 0.25) is 0 Å². The number of likely N-dealkylation sites (tertiary alicyclic amines) is 1. The quantitative estimate of drug-likeness (QED) is 0.852. The van der Waals surface area contributed by atoms with E-state index in [0.29, 0.717) is 36.4 Å². The average Bonchev–Trinajstić information content (AvgIpc) is 3.28. The molecule has 1 atom stereocenters. The van der Waals surface area contributed by atoms with Crippen LogP contribution in [0.5, 0.6) is 0 Å². The van der Waals surface area contributed by atoms with Gasteiger partial charge in [-0.3, -0.25) is 19.5 Å². The van der Waals surface area contributed by atoms with Gasteiger partial charge in [0.2, 0.25) is 11.8 Å². The van der Waals surface area contributed by atoms with Gasteiger partial charge in [0.1, 0.15) is 0 Å². The number of H-pyrrole nitrogens is 1. The summed E-state index contributed by atoms with van der Waals surface area (Å²) in [5, 5.41) is 3.22. The molecule has 1 N–H and O–H groups in total. The predicted molar refractivity (Wildman–Crippen MR) is 106 cm³/mol. The molecule has 0 radical (unpaired) electrons. The molecule has 29 heavy (non-hydrogen) atoms. The topological polar surface area (TPSA) is 90.8 Å². The van der Waals surface area contributed by atoms with Gasteiger partial charge >= 0.3 is 0 Å². The lowest BCUT2D eigenvalue weighted by molar-refractivity contribution is -0.135. The number of amides is 2. The first-order valence-electron chi connectivity index (χ1n) is 10.7. The summed E-state index contributed by atoms with van der Waals surface area (Å²) in [5.41, 5.74) is 2.72. The fraction of sp³-hybridized carbons (Fsp3) is 0.619. The summed E-state index contributed by atoms with van der Waals surface area (Å²) in [4.78, 5) is 46.5. The Bertz CT molecular complexity index is 1050. The summed E-state index contributed by atoms with van der Waals surface area (Å²) in [5.74, 6) is 0.455. The van der Waals surface area contributed by atoms with E-state index >= 15 is 0 Å². The summed E-state index contributed by atoms with van der Waals surface area (Å²) in [7, 11) is 0. The van der Waals surface area contributed by atoms with Crippen molar-refractivity contribution in [1.29, 1.82) is 0 Å². The fourth-order valence-electron chi connectivity index (χ4n) is 4.65. The van der Waals surface area contributed by atoms with Crippen molar-refractivity contribution in [2.24, 2.45) is 11.8 Å². The second-order valence-electron chi connectivity index (χ2n) is 8.88. The van der Waals surface area contributed by atoms with Gasteiger partial charge in [-0.05, 0) is 32.1 Å². The Hall–Kier alpha value is -2.64. The number of carbonyl (C=O) groups is 2. The van der Waals surface area contributed by atoms with Crippen LogP contribution in [0.15, 0.2) is 10.9 Å². The zero-order valence-corrected chi connectivity index (χ0v) is 17.0. The summed E-state index contributed by atoms with van der Waals surface area (Å²) in [6, 6.07) is 1.88. The summed E-state index contributed by atoms with van der Waals surface area (Å²) in [6.45, 7) is 5.48. The number of aromatic amines is 1. The molecule has 1 saturated heterocycles. The highest BCUT2D eigenvalue weighted by Gasteiger charge is 2.39.